The maximum Gasteiger partial charge on any atom is 0.295 e. The Hall–Kier alpha value is -2.47. The Morgan fingerprint density at radius 3 is 2.67 bits per heavy atom. The van der Waals surface area contributed by atoms with Gasteiger partial charge < -0.3 is 10.1 Å². The number of anilines is 1. The predicted molar refractivity (Wildman–Crippen MR) is 77.5 cm³/mol. The third-order valence-corrected chi connectivity index (χ3v) is 2.96. The third-order valence-electron chi connectivity index (χ3n) is 2.96. The van der Waals surface area contributed by atoms with Crippen molar-refractivity contribution in [3.8, 4) is 0 Å². The van der Waals surface area contributed by atoms with Crippen molar-refractivity contribution < 1.29 is 14.1 Å². The van der Waals surface area contributed by atoms with Crippen molar-refractivity contribution in [1.82, 2.24) is 0 Å². The van der Waals surface area contributed by atoms with Crippen LogP contribution in [0.3, 0.4) is 0 Å². The van der Waals surface area contributed by atoms with Crippen LogP contribution in [-0.2, 0) is 17.9 Å². The molecule has 0 amide bonds. The Labute approximate surface area is 121 Å². The number of ether oxygens (including phenoxy) is 1. The van der Waals surface area contributed by atoms with E-state index in [0.29, 0.717) is 13.2 Å². The number of nitrogens with one attached hydrogen (secondary N) is 1. The van der Waals surface area contributed by atoms with Gasteiger partial charge in [-0.3, -0.25) is 10.1 Å². The summed E-state index contributed by atoms with van der Waals surface area (Å²) in [6.45, 7) is 0.771. The average molecular weight is 290 g/mol. The summed E-state index contributed by atoms with van der Waals surface area (Å²) in [4.78, 5) is 10.3. The van der Waals surface area contributed by atoms with Gasteiger partial charge in [0.05, 0.1) is 11.5 Å². The first-order valence-electron chi connectivity index (χ1n) is 6.35. The van der Waals surface area contributed by atoms with Gasteiger partial charge in [0.15, 0.2) is 5.82 Å². The highest BCUT2D eigenvalue weighted by atomic mass is 19.1. The fraction of sp³-hybridized carbons (Fsp3) is 0.200. The van der Waals surface area contributed by atoms with Gasteiger partial charge in [-0.05, 0) is 17.2 Å². The molecule has 0 aliphatic heterocycles. The molecule has 0 atom stereocenters. The summed E-state index contributed by atoms with van der Waals surface area (Å²) in [6.07, 6.45) is 0. The highest BCUT2D eigenvalue weighted by molar-refractivity contribution is 5.62. The fourth-order valence-electron chi connectivity index (χ4n) is 2.03. The third kappa shape index (κ3) is 3.76. The Morgan fingerprint density at radius 1 is 1.24 bits per heavy atom. The van der Waals surface area contributed by atoms with E-state index < -0.39 is 10.7 Å². The van der Waals surface area contributed by atoms with Gasteiger partial charge in [0.25, 0.3) is 5.69 Å². The molecule has 0 spiro atoms. The zero-order chi connectivity index (χ0) is 15.2. The van der Waals surface area contributed by atoms with Crippen LogP contribution in [0.1, 0.15) is 11.1 Å². The minimum absolute atomic E-state index is 0.0976. The number of halogens is 1. The summed E-state index contributed by atoms with van der Waals surface area (Å²) in [6, 6.07) is 11.3. The molecule has 0 saturated carbocycles. The number of benzene rings is 2. The van der Waals surface area contributed by atoms with E-state index in [0.717, 1.165) is 11.1 Å². The largest absolute Gasteiger partial charge is 0.380 e. The van der Waals surface area contributed by atoms with Crippen molar-refractivity contribution >= 4 is 11.4 Å². The summed E-state index contributed by atoms with van der Waals surface area (Å²) >= 11 is 0. The highest BCUT2D eigenvalue weighted by Gasteiger charge is 2.17. The van der Waals surface area contributed by atoms with Crippen molar-refractivity contribution in [3.63, 3.8) is 0 Å². The molecular weight excluding hydrogens is 275 g/mol. The number of nitro benzene ring substituents is 1. The topological polar surface area (TPSA) is 64.4 Å². The first kappa shape index (κ1) is 14.9. The van der Waals surface area contributed by atoms with Crippen LogP contribution in [0, 0.1) is 15.9 Å². The van der Waals surface area contributed by atoms with Gasteiger partial charge in [-0.25, -0.2) is 4.39 Å². The van der Waals surface area contributed by atoms with E-state index in [1.807, 2.05) is 24.3 Å². The number of hydrogen-bond donors (Lipinski definition) is 1. The molecule has 110 valence electrons. The molecule has 5 nitrogen and oxygen atoms in total. The quantitative estimate of drug-likeness (QED) is 0.653. The van der Waals surface area contributed by atoms with Crippen molar-refractivity contribution in [3.05, 3.63) is 69.5 Å². The second-order valence-corrected chi connectivity index (χ2v) is 4.50. The molecule has 2 aromatic rings. The minimum atomic E-state index is -0.641. The fourth-order valence-corrected chi connectivity index (χ4v) is 2.03. The van der Waals surface area contributed by atoms with E-state index in [1.165, 1.54) is 18.2 Å². The number of hydrogen-bond acceptors (Lipinski definition) is 4. The normalized spacial score (nSPS) is 10.4. The van der Waals surface area contributed by atoms with Crippen molar-refractivity contribution in [2.75, 3.05) is 12.4 Å². The van der Waals surface area contributed by atoms with E-state index in [9.17, 15) is 14.5 Å². The maximum atomic E-state index is 13.7. The van der Waals surface area contributed by atoms with Crippen LogP contribution < -0.4 is 5.32 Å². The lowest BCUT2D eigenvalue weighted by atomic mass is 10.1. The smallest absolute Gasteiger partial charge is 0.295 e. The standard InChI is InChI=1S/C15H15FN2O3/c1-21-10-12-5-2-4-11(8-12)9-17-15-13(16)6-3-7-14(15)18(19)20/h2-8,17H,9-10H2,1H3. The molecule has 0 fully saturated rings. The molecule has 0 heterocycles. The van der Waals surface area contributed by atoms with Gasteiger partial charge in [-0.1, -0.05) is 30.3 Å². The van der Waals surface area contributed by atoms with Crippen LogP contribution in [0.25, 0.3) is 0 Å². The molecule has 6 heteroatoms. The average Bonchev–Trinajstić information content (AvgIpc) is 2.46. The van der Waals surface area contributed by atoms with Crippen molar-refractivity contribution in [2.45, 2.75) is 13.2 Å². The maximum absolute atomic E-state index is 13.7. The number of methoxy groups -OCH3 is 1. The highest BCUT2D eigenvalue weighted by Crippen LogP contribution is 2.27. The molecule has 21 heavy (non-hydrogen) atoms. The summed E-state index contributed by atoms with van der Waals surface area (Å²) in [7, 11) is 1.60. The molecular formula is C15H15FN2O3. The van der Waals surface area contributed by atoms with Crippen LogP contribution in [-0.4, -0.2) is 12.0 Å². The molecule has 1 N–H and O–H groups in total. The van der Waals surface area contributed by atoms with Gasteiger partial charge in [0.2, 0.25) is 0 Å². The van der Waals surface area contributed by atoms with Crippen LogP contribution >= 0.6 is 0 Å². The van der Waals surface area contributed by atoms with Gasteiger partial charge >= 0.3 is 0 Å². The SMILES string of the molecule is COCc1cccc(CNc2c(F)cccc2[N+](=O)[O-])c1. The molecule has 0 radical (unpaired) electrons. The molecule has 0 saturated heterocycles. The zero-order valence-electron chi connectivity index (χ0n) is 11.5. The molecule has 2 aromatic carbocycles. The van der Waals surface area contributed by atoms with Crippen molar-refractivity contribution in [1.29, 1.82) is 0 Å². The van der Waals surface area contributed by atoms with Gasteiger partial charge in [-0.2, -0.15) is 0 Å². The number of rotatable bonds is 6. The first-order valence-corrected chi connectivity index (χ1v) is 6.35. The summed E-state index contributed by atoms with van der Waals surface area (Å²) in [5.74, 6) is -0.641. The predicted octanol–water partition coefficient (Wildman–Crippen LogP) is 3.49. The Balaban J connectivity index is 2.16. The molecule has 0 aliphatic carbocycles. The minimum Gasteiger partial charge on any atom is -0.380 e. The molecule has 0 aromatic heterocycles. The Kier molecular flexibility index (Phi) is 4.84. The molecule has 0 unspecified atom stereocenters. The summed E-state index contributed by atoms with van der Waals surface area (Å²) in [5, 5.41) is 13.7. The van der Waals surface area contributed by atoms with Crippen LogP contribution in [0.4, 0.5) is 15.8 Å². The van der Waals surface area contributed by atoms with Gasteiger partial charge in [0, 0.05) is 19.7 Å². The number of nitro groups is 1. The lowest BCUT2D eigenvalue weighted by Crippen LogP contribution is -2.05. The van der Waals surface area contributed by atoms with Crippen LogP contribution in [0.15, 0.2) is 42.5 Å². The monoisotopic (exact) mass is 290 g/mol. The Morgan fingerprint density at radius 2 is 1.95 bits per heavy atom. The van der Waals surface area contributed by atoms with E-state index in [4.69, 9.17) is 4.74 Å². The number of nitrogens with zero attached hydrogens (tertiary/aromatic N) is 1. The van der Waals surface area contributed by atoms with E-state index in [-0.39, 0.29) is 11.4 Å². The summed E-state index contributed by atoms with van der Waals surface area (Å²) in [5.41, 5.74) is 1.50. The lowest BCUT2D eigenvalue weighted by molar-refractivity contribution is -0.384. The second kappa shape index (κ2) is 6.81. The second-order valence-electron chi connectivity index (χ2n) is 4.50. The lowest BCUT2D eigenvalue weighted by Gasteiger charge is -2.09. The Bertz CT molecular complexity index is 647. The first-order chi connectivity index (χ1) is 10.1. The molecule has 0 bridgehead atoms. The van der Waals surface area contributed by atoms with Gasteiger partial charge in [-0.15, -0.1) is 0 Å². The zero-order valence-corrected chi connectivity index (χ0v) is 11.5. The van der Waals surface area contributed by atoms with E-state index in [2.05, 4.69) is 5.32 Å². The number of para-hydroxylation sites is 1. The van der Waals surface area contributed by atoms with Crippen molar-refractivity contribution in [2.24, 2.45) is 0 Å². The summed E-state index contributed by atoms with van der Waals surface area (Å²) < 4.78 is 18.8. The van der Waals surface area contributed by atoms with E-state index >= 15 is 0 Å². The molecule has 2 rings (SSSR count). The molecule has 0 aliphatic rings. The van der Waals surface area contributed by atoms with Crippen LogP contribution in [0.2, 0.25) is 0 Å². The van der Waals surface area contributed by atoms with Gasteiger partial charge in [0.1, 0.15) is 5.69 Å². The van der Waals surface area contributed by atoms with Crippen LogP contribution in [0.5, 0.6) is 0 Å². The van der Waals surface area contributed by atoms with E-state index in [1.54, 1.807) is 7.11 Å².